The Bertz CT molecular complexity index is 386. The largest absolute Gasteiger partial charge is 0.682 e. The minimum atomic E-state index is -0.135. The van der Waals surface area contributed by atoms with E-state index in [4.69, 9.17) is 5.32 Å². The third kappa shape index (κ3) is 5.21. The van der Waals surface area contributed by atoms with Crippen LogP contribution < -0.4 is 0 Å². The molecule has 1 aliphatic rings. The molecule has 5 heteroatoms. The van der Waals surface area contributed by atoms with Gasteiger partial charge in [-0.1, -0.05) is 57.4 Å². The van der Waals surface area contributed by atoms with E-state index in [-0.39, 0.29) is 61.6 Å². The fourth-order valence-corrected chi connectivity index (χ4v) is 5.03. The van der Waals surface area contributed by atoms with Gasteiger partial charge in [0, 0.05) is 31.2 Å². The third-order valence-electron chi connectivity index (χ3n) is 4.03. The van der Waals surface area contributed by atoms with Gasteiger partial charge in [-0.15, -0.1) is 30.4 Å². The van der Waals surface area contributed by atoms with E-state index in [0.29, 0.717) is 5.04 Å². The first kappa shape index (κ1) is 25.7. The number of allylic oxidation sites excluding steroid dienone is 3. The van der Waals surface area contributed by atoms with Crippen LogP contribution in [0.15, 0.2) is 22.4 Å². The van der Waals surface area contributed by atoms with Crippen LogP contribution in [0.5, 0.6) is 0 Å². The summed E-state index contributed by atoms with van der Waals surface area (Å²) in [6.07, 6.45) is 0. The standard InChI is InChI=1S/C15H28NSi.2ClH.Ti/c1-9-17-15(8)12(4)10(2)11(3)13(15)16-14(5,6)7;;;/h9,17H2,1-8H3;2*1H;/q-1;;;. The molecule has 0 aliphatic heterocycles. The Morgan fingerprint density at radius 2 is 1.50 bits per heavy atom. The zero-order valence-corrected chi connectivity index (χ0v) is 18.8. The average molecular weight is 371 g/mol. The molecular weight excluding hydrogens is 341 g/mol. The van der Waals surface area contributed by atoms with Crippen molar-refractivity contribution in [1.29, 1.82) is 0 Å². The first-order valence-electron chi connectivity index (χ1n) is 6.76. The minimum Gasteiger partial charge on any atom is -0.682 e. The van der Waals surface area contributed by atoms with Gasteiger partial charge in [0.2, 0.25) is 0 Å². The van der Waals surface area contributed by atoms with Crippen LogP contribution in [0, 0.1) is 0 Å². The molecular formula is C15H30Cl2NSiTi-. The maximum absolute atomic E-state index is 5.03. The first-order valence-corrected chi connectivity index (χ1v) is 8.46. The molecule has 0 saturated carbocycles. The summed E-state index contributed by atoms with van der Waals surface area (Å²) < 4.78 is 0. The monoisotopic (exact) mass is 370 g/mol. The van der Waals surface area contributed by atoms with Crippen LogP contribution >= 0.6 is 24.8 Å². The molecule has 0 fully saturated rings. The third-order valence-corrected chi connectivity index (χ3v) is 6.39. The second kappa shape index (κ2) is 9.05. The van der Waals surface area contributed by atoms with Crippen molar-refractivity contribution < 1.29 is 21.7 Å². The van der Waals surface area contributed by atoms with Crippen LogP contribution in [0.4, 0.5) is 0 Å². The molecule has 20 heavy (non-hydrogen) atoms. The number of hydrogen-bond donors (Lipinski definition) is 0. The van der Waals surface area contributed by atoms with Gasteiger partial charge in [-0.3, -0.25) is 0 Å². The van der Waals surface area contributed by atoms with E-state index in [0.717, 1.165) is 0 Å². The second-order valence-corrected chi connectivity index (χ2v) is 9.50. The maximum Gasteiger partial charge on any atom is 0.0348 e. The van der Waals surface area contributed by atoms with E-state index in [1.54, 1.807) is 5.57 Å². The van der Waals surface area contributed by atoms with E-state index >= 15 is 0 Å². The van der Waals surface area contributed by atoms with Gasteiger partial charge in [0.05, 0.1) is 0 Å². The quantitative estimate of drug-likeness (QED) is 0.589. The Balaban J connectivity index is -0.000000963. The average Bonchev–Trinajstić information content (AvgIpc) is 2.33. The maximum atomic E-state index is 5.03. The Hall–Kier alpha value is 0.791. The zero-order chi connectivity index (χ0) is 13.4. The number of halogens is 2. The predicted octanol–water partition coefficient (Wildman–Crippen LogP) is 5.41. The van der Waals surface area contributed by atoms with Gasteiger partial charge in [-0.25, -0.2) is 0 Å². The Morgan fingerprint density at radius 1 is 1.05 bits per heavy atom. The van der Waals surface area contributed by atoms with Crippen LogP contribution in [-0.2, 0) is 21.7 Å². The molecule has 1 rings (SSSR count). The van der Waals surface area contributed by atoms with Crippen molar-refractivity contribution in [1.82, 2.24) is 0 Å². The summed E-state index contributed by atoms with van der Waals surface area (Å²) in [7, 11) is -0.135. The molecule has 1 atom stereocenters. The van der Waals surface area contributed by atoms with Crippen molar-refractivity contribution in [3.63, 3.8) is 0 Å². The normalized spacial score (nSPS) is 22.6. The SMILES string of the molecule is CC[SiH2]C1(C)C(C)=C(C)C(C)=C1[N-]C(C)(C)C.Cl.Cl.[Ti]. The van der Waals surface area contributed by atoms with Gasteiger partial charge in [-0.05, 0) is 25.8 Å². The fourth-order valence-electron chi connectivity index (χ4n) is 2.81. The molecule has 118 valence electrons. The summed E-state index contributed by atoms with van der Waals surface area (Å²) >= 11 is 0. The zero-order valence-electron chi connectivity index (χ0n) is 14.2. The van der Waals surface area contributed by atoms with E-state index in [9.17, 15) is 0 Å². The topological polar surface area (TPSA) is 14.1 Å². The van der Waals surface area contributed by atoms with Crippen LogP contribution in [-0.4, -0.2) is 15.1 Å². The molecule has 0 amide bonds. The van der Waals surface area contributed by atoms with Crippen molar-refractivity contribution in [3.05, 3.63) is 27.7 Å². The van der Waals surface area contributed by atoms with Crippen LogP contribution in [0.2, 0.25) is 11.1 Å². The summed E-state index contributed by atoms with van der Waals surface area (Å²) in [5, 5.41) is 5.34. The number of hydrogen-bond acceptors (Lipinski definition) is 0. The Kier molecular flexibility index (Phi) is 11.6. The predicted molar refractivity (Wildman–Crippen MR) is 96.1 cm³/mol. The fraction of sp³-hybridized carbons (Fsp3) is 0.733. The molecule has 0 spiro atoms. The van der Waals surface area contributed by atoms with Crippen LogP contribution in [0.3, 0.4) is 0 Å². The molecule has 0 aromatic rings. The van der Waals surface area contributed by atoms with Crippen LogP contribution in [0.1, 0.15) is 55.4 Å². The molecule has 0 saturated heterocycles. The molecule has 0 aromatic carbocycles. The van der Waals surface area contributed by atoms with Crippen molar-refractivity contribution in [2.45, 2.75) is 72.0 Å². The first-order chi connectivity index (χ1) is 7.63. The van der Waals surface area contributed by atoms with E-state index in [1.165, 1.54) is 22.9 Å². The van der Waals surface area contributed by atoms with Gasteiger partial charge in [0.1, 0.15) is 0 Å². The summed E-state index contributed by atoms with van der Waals surface area (Å²) in [4.78, 5) is 0. The Labute approximate surface area is 155 Å². The van der Waals surface area contributed by atoms with Crippen molar-refractivity contribution in [2.75, 3.05) is 0 Å². The molecule has 1 aliphatic carbocycles. The smallest absolute Gasteiger partial charge is 0.0348 e. The molecule has 0 radical (unpaired) electrons. The molecule has 1 nitrogen and oxygen atoms in total. The van der Waals surface area contributed by atoms with E-state index < -0.39 is 0 Å². The second-order valence-electron chi connectivity index (χ2n) is 6.59. The molecule has 0 aromatic heterocycles. The van der Waals surface area contributed by atoms with Crippen LogP contribution in [0.25, 0.3) is 5.32 Å². The molecule has 0 N–H and O–H groups in total. The minimum absolute atomic E-state index is 0. The summed E-state index contributed by atoms with van der Waals surface area (Å²) in [5.74, 6) is 0. The molecule has 1 unspecified atom stereocenters. The van der Waals surface area contributed by atoms with E-state index in [2.05, 4.69) is 55.4 Å². The van der Waals surface area contributed by atoms with Gasteiger partial charge in [-0.2, -0.15) is 5.70 Å². The summed E-state index contributed by atoms with van der Waals surface area (Å²) in [6.45, 7) is 18.2. The molecule has 0 bridgehead atoms. The molecule has 0 heterocycles. The van der Waals surface area contributed by atoms with Gasteiger partial charge >= 0.3 is 0 Å². The summed E-state index contributed by atoms with van der Waals surface area (Å²) in [6, 6.07) is 1.34. The van der Waals surface area contributed by atoms with Gasteiger partial charge in [0.25, 0.3) is 0 Å². The van der Waals surface area contributed by atoms with Crippen molar-refractivity contribution in [3.8, 4) is 0 Å². The number of nitrogens with zero attached hydrogens (tertiary/aromatic N) is 1. The van der Waals surface area contributed by atoms with Gasteiger partial charge < -0.3 is 5.32 Å². The Morgan fingerprint density at radius 3 is 1.85 bits per heavy atom. The van der Waals surface area contributed by atoms with Crippen molar-refractivity contribution in [2.24, 2.45) is 0 Å². The van der Waals surface area contributed by atoms with Gasteiger partial charge in [0.15, 0.2) is 0 Å². The van der Waals surface area contributed by atoms with Crippen molar-refractivity contribution >= 4 is 34.3 Å². The number of rotatable bonds is 3. The van der Waals surface area contributed by atoms with E-state index in [1.807, 2.05) is 0 Å². The summed E-state index contributed by atoms with van der Waals surface area (Å²) in [5.41, 5.74) is 5.91.